The van der Waals surface area contributed by atoms with E-state index < -0.39 is 5.91 Å². The summed E-state index contributed by atoms with van der Waals surface area (Å²) in [7, 11) is 1.58. The SMILES string of the molecule is CCc1ccc2nc(NC(=O)c3ccc4c(c3)C(=O)N(Cc3ccc(OC)cc3)C4=O)sc2c1. The molecule has 2 heterocycles. The van der Waals surface area contributed by atoms with Gasteiger partial charge in [-0.2, -0.15) is 0 Å². The lowest BCUT2D eigenvalue weighted by Gasteiger charge is -2.14. The molecular formula is C26H21N3O4S. The van der Waals surface area contributed by atoms with Crippen LogP contribution in [0.5, 0.6) is 5.75 Å². The van der Waals surface area contributed by atoms with E-state index in [1.807, 2.05) is 24.3 Å². The summed E-state index contributed by atoms with van der Waals surface area (Å²) in [6.07, 6.45) is 0.924. The lowest BCUT2D eigenvalue weighted by Crippen LogP contribution is -2.29. The van der Waals surface area contributed by atoms with Gasteiger partial charge in [-0.05, 0) is 60.0 Å². The number of ether oxygens (including phenoxy) is 1. The first-order valence-corrected chi connectivity index (χ1v) is 11.6. The zero-order chi connectivity index (χ0) is 23.8. The van der Waals surface area contributed by atoms with Gasteiger partial charge in [-0.15, -0.1) is 0 Å². The van der Waals surface area contributed by atoms with E-state index in [9.17, 15) is 14.4 Å². The Morgan fingerprint density at radius 1 is 0.971 bits per heavy atom. The molecule has 34 heavy (non-hydrogen) atoms. The first-order valence-electron chi connectivity index (χ1n) is 10.8. The fraction of sp³-hybridized carbons (Fsp3) is 0.154. The maximum Gasteiger partial charge on any atom is 0.261 e. The first-order chi connectivity index (χ1) is 16.5. The van der Waals surface area contributed by atoms with Crippen LogP contribution in [0.4, 0.5) is 5.13 Å². The van der Waals surface area contributed by atoms with E-state index in [0.29, 0.717) is 22.0 Å². The average molecular weight is 472 g/mol. The number of aryl methyl sites for hydroxylation is 1. The minimum Gasteiger partial charge on any atom is -0.497 e. The van der Waals surface area contributed by atoms with Crippen LogP contribution in [0.2, 0.25) is 0 Å². The number of methoxy groups -OCH3 is 1. The Morgan fingerprint density at radius 3 is 2.44 bits per heavy atom. The van der Waals surface area contributed by atoms with Crippen LogP contribution < -0.4 is 10.1 Å². The Bertz CT molecular complexity index is 1440. The van der Waals surface area contributed by atoms with Crippen molar-refractivity contribution in [2.24, 2.45) is 0 Å². The fourth-order valence-electron chi connectivity index (χ4n) is 3.90. The van der Waals surface area contributed by atoms with Crippen LogP contribution in [0, 0.1) is 0 Å². The minimum absolute atomic E-state index is 0.142. The Kier molecular flexibility index (Phi) is 5.59. The summed E-state index contributed by atoms with van der Waals surface area (Å²) < 4.78 is 6.15. The van der Waals surface area contributed by atoms with E-state index >= 15 is 0 Å². The molecule has 170 valence electrons. The summed E-state index contributed by atoms with van der Waals surface area (Å²) in [6.45, 7) is 2.23. The molecule has 0 radical (unpaired) electrons. The molecule has 0 atom stereocenters. The molecular weight excluding hydrogens is 450 g/mol. The molecule has 0 unspecified atom stereocenters. The second-order valence-electron chi connectivity index (χ2n) is 7.93. The van der Waals surface area contributed by atoms with Crippen molar-refractivity contribution in [1.82, 2.24) is 9.88 Å². The second kappa shape index (κ2) is 8.72. The molecule has 3 aromatic carbocycles. The highest BCUT2D eigenvalue weighted by Gasteiger charge is 2.36. The molecule has 4 aromatic rings. The Labute approximate surface area is 200 Å². The van der Waals surface area contributed by atoms with Crippen molar-refractivity contribution < 1.29 is 19.1 Å². The van der Waals surface area contributed by atoms with Crippen LogP contribution in [-0.2, 0) is 13.0 Å². The van der Waals surface area contributed by atoms with Gasteiger partial charge in [0.05, 0.1) is 35.0 Å². The van der Waals surface area contributed by atoms with Gasteiger partial charge in [0.2, 0.25) is 0 Å². The number of aromatic nitrogens is 1. The molecule has 1 aliphatic heterocycles. The number of carbonyl (C=O) groups excluding carboxylic acids is 3. The minimum atomic E-state index is -0.419. The van der Waals surface area contributed by atoms with E-state index in [1.54, 1.807) is 25.3 Å². The number of nitrogens with zero attached hydrogens (tertiary/aromatic N) is 2. The molecule has 0 saturated heterocycles. The molecule has 1 aromatic heterocycles. The van der Waals surface area contributed by atoms with Gasteiger partial charge in [-0.3, -0.25) is 24.6 Å². The Balaban J connectivity index is 1.35. The molecule has 0 spiro atoms. The van der Waals surface area contributed by atoms with Gasteiger partial charge >= 0.3 is 0 Å². The maximum atomic E-state index is 13.0. The molecule has 3 amide bonds. The third kappa shape index (κ3) is 3.92. The number of benzene rings is 3. The van der Waals surface area contributed by atoms with Crippen molar-refractivity contribution in [2.75, 3.05) is 12.4 Å². The number of anilines is 1. The van der Waals surface area contributed by atoms with Crippen molar-refractivity contribution in [2.45, 2.75) is 19.9 Å². The summed E-state index contributed by atoms with van der Waals surface area (Å²) in [4.78, 5) is 44.3. The van der Waals surface area contributed by atoms with Crippen LogP contribution in [0.15, 0.2) is 60.7 Å². The number of rotatable bonds is 6. The molecule has 8 heteroatoms. The smallest absolute Gasteiger partial charge is 0.261 e. The van der Waals surface area contributed by atoms with E-state index in [2.05, 4.69) is 23.3 Å². The third-order valence-corrected chi connectivity index (χ3v) is 6.75. The average Bonchev–Trinajstić information content (AvgIpc) is 3.37. The maximum absolute atomic E-state index is 13.0. The third-order valence-electron chi connectivity index (χ3n) is 5.81. The lowest BCUT2D eigenvalue weighted by atomic mass is 10.1. The molecule has 0 aliphatic carbocycles. The topological polar surface area (TPSA) is 88.6 Å². The van der Waals surface area contributed by atoms with Gasteiger partial charge in [0.15, 0.2) is 5.13 Å². The zero-order valence-electron chi connectivity index (χ0n) is 18.6. The molecule has 5 rings (SSSR count). The van der Waals surface area contributed by atoms with Crippen LogP contribution in [-0.4, -0.2) is 34.7 Å². The standard InChI is InChI=1S/C26H21N3O4S/c1-3-15-6-11-21-22(12-15)34-26(27-21)28-23(30)17-7-10-19-20(13-17)25(32)29(24(19)31)14-16-4-8-18(33-2)9-5-16/h4-13H,3,14H2,1-2H3,(H,27,28,30). The summed E-state index contributed by atoms with van der Waals surface area (Å²) in [6, 6.07) is 17.8. The quantitative estimate of drug-likeness (QED) is 0.404. The van der Waals surface area contributed by atoms with Gasteiger partial charge in [-0.25, -0.2) is 4.98 Å². The van der Waals surface area contributed by atoms with E-state index in [4.69, 9.17) is 4.74 Å². The van der Waals surface area contributed by atoms with Crippen LogP contribution in [0.1, 0.15) is 49.1 Å². The van der Waals surface area contributed by atoms with Crippen LogP contribution >= 0.6 is 11.3 Å². The number of imide groups is 1. The van der Waals surface area contributed by atoms with Crippen molar-refractivity contribution in [1.29, 1.82) is 0 Å². The number of hydrogen-bond donors (Lipinski definition) is 1. The first kappa shape index (κ1) is 21.8. The van der Waals surface area contributed by atoms with Crippen molar-refractivity contribution in [3.63, 3.8) is 0 Å². The van der Waals surface area contributed by atoms with Crippen molar-refractivity contribution in [3.8, 4) is 5.75 Å². The predicted octanol–water partition coefficient (Wildman–Crippen LogP) is 4.92. The number of amides is 3. The van der Waals surface area contributed by atoms with Crippen LogP contribution in [0.25, 0.3) is 10.2 Å². The van der Waals surface area contributed by atoms with Crippen LogP contribution in [0.3, 0.4) is 0 Å². The summed E-state index contributed by atoms with van der Waals surface area (Å²) >= 11 is 1.40. The molecule has 0 fully saturated rings. The Morgan fingerprint density at radius 2 is 1.71 bits per heavy atom. The van der Waals surface area contributed by atoms with Gasteiger partial charge in [0, 0.05) is 5.56 Å². The predicted molar refractivity (Wildman–Crippen MR) is 131 cm³/mol. The lowest BCUT2D eigenvalue weighted by molar-refractivity contribution is 0.0642. The summed E-state index contributed by atoms with van der Waals surface area (Å²) in [5.74, 6) is -0.481. The highest BCUT2D eigenvalue weighted by atomic mass is 32.1. The van der Waals surface area contributed by atoms with E-state index in [-0.39, 0.29) is 23.9 Å². The van der Waals surface area contributed by atoms with Crippen molar-refractivity contribution >= 4 is 44.4 Å². The van der Waals surface area contributed by atoms with Gasteiger partial charge in [0.1, 0.15) is 5.75 Å². The summed E-state index contributed by atoms with van der Waals surface area (Å²) in [5.41, 5.74) is 3.64. The van der Waals surface area contributed by atoms with E-state index in [0.717, 1.165) is 22.2 Å². The van der Waals surface area contributed by atoms with Crippen molar-refractivity contribution in [3.05, 3.63) is 88.5 Å². The highest BCUT2D eigenvalue weighted by molar-refractivity contribution is 7.22. The number of thiazole rings is 1. The number of carbonyl (C=O) groups is 3. The van der Waals surface area contributed by atoms with E-state index in [1.165, 1.54) is 33.9 Å². The molecule has 0 saturated carbocycles. The molecule has 1 N–H and O–H groups in total. The van der Waals surface area contributed by atoms with Gasteiger partial charge < -0.3 is 4.74 Å². The largest absolute Gasteiger partial charge is 0.497 e. The molecule has 1 aliphatic rings. The molecule has 7 nitrogen and oxygen atoms in total. The highest BCUT2D eigenvalue weighted by Crippen LogP contribution is 2.29. The van der Waals surface area contributed by atoms with Gasteiger partial charge in [0.25, 0.3) is 17.7 Å². The normalized spacial score (nSPS) is 12.8. The summed E-state index contributed by atoms with van der Waals surface area (Å²) in [5, 5.41) is 3.29. The number of fused-ring (bicyclic) bond motifs is 2. The number of nitrogens with one attached hydrogen (secondary N) is 1. The monoisotopic (exact) mass is 471 g/mol. The van der Waals surface area contributed by atoms with Gasteiger partial charge in [-0.1, -0.05) is 36.5 Å². The Hall–Kier alpha value is -4.04. The molecule has 0 bridgehead atoms. The fourth-order valence-corrected chi connectivity index (χ4v) is 4.83. The second-order valence-corrected chi connectivity index (χ2v) is 8.96. The zero-order valence-corrected chi connectivity index (χ0v) is 19.4. The number of hydrogen-bond acceptors (Lipinski definition) is 6.